The number of thiazole rings is 1. The van der Waals surface area contributed by atoms with Gasteiger partial charge in [-0.05, 0) is 45.0 Å². The molecule has 1 amide bonds. The van der Waals surface area contributed by atoms with Gasteiger partial charge in [0.15, 0.2) is 5.13 Å². The summed E-state index contributed by atoms with van der Waals surface area (Å²) in [6, 6.07) is 5.27. The van der Waals surface area contributed by atoms with Crippen molar-refractivity contribution in [3.05, 3.63) is 40.7 Å². The number of piperazine rings is 1. The van der Waals surface area contributed by atoms with Crippen molar-refractivity contribution in [3.8, 4) is 0 Å². The molecule has 2 aromatic rings. The van der Waals surface area contributed by atoms with Crippen LogP contribution in [0.5, 0.6) is 0 Å². The van der Waals surface area contributed by atoms with Crippen LogP contribution < -0.4 is 5.32 Å². The van der Waals surface area contributed by atoms with Crippen LogP contribution in [0.3, 0.4) is 0 Å². The van der Waals surface area contributed by atoms with E-state index in [9.17, 15) is 4.79 Å². The molecule has 1 fully saturated rings. The second kappa shape index (κ2) is 8.24. The second-order valence-electron chi connectivity index (χ2n) is 7.19. The summed E-state index contributed by atoms with van der Waals surface area (Å²) in [5.41, 5.74) is 2.41. The summed E-state index contributed by atoms with van der Waals surface area (Å²) in [4.78, 5) is 25.9. The number of likely N-dealkylation sites (N-methyl/N-ethyl adjacent to an activating group) is 1. The zero-order valence-electron chi connectivity index (χ0n) is 15.9. The van der Waals surface area contributed by atoms with E-state index in [1.54, 1.807) is 11.3 Å². The first-order valence-corrected chi connectivity index (χ1v) is 9.80. The van der Waals surface area contributed by atoms with Gasteiger partial charge in [-0.3, -0.25) is 14.7 Å². The number of hydrogen-bond donors (Lipinski definition) is 1. The summed E-state index contributed by atoms with van der Waals surface area (Å²) in [6.07, 6.45) is 4.81. The van der Waals surface area contributed by atoms with Crippen molar-refractivity contribution in [1.29, 1.82) is 0 Å². The molecule has 26 heavy (non-hydrogen) atoms. The summed E-state index contributed by atoms with van der Waals surface area (Å²) in [5, 5.41) is 3.44. The maximum Gasteiger partial charge on any atom is 0.223 e. The molecule has 0 spiro atoms. The minimum absolute atomic E-state index is 0.0772. The minimum atomic E-state index is -0.0772. The lowest BCUT2D eigenvalue weighted by molar-refractivity contribution is -0.114. The van der Waals surface area contributed by atoms with Crippen molar-refractivity contribution in [3.63, 3.8) is 0 Å². The quantitative estimate of drug-likeness (QED) is 0.873. The molecule has 0 aliphatic carbocycles. The van der Waals surface area contributed by atoms with Gasteiger partial charge in [-0.15, -0.1) is 11.3 Å². The molecule has 0 aromatic carbocycles. The van der Waals surface area contributed by atoms with E-state index in [0.717, 1.165) is 31.7 Å². The SMILES string of the molecule is CC(=O)Nc1ncc(CN2C[C@@H](Cc3ccnc(C)c3)N(C)CC2C)s1. The van der Waals surface area contributed by atoms with Crippen LogP contribution in [0, 0.1) is 6.92 Å². The molecule has 6 nitrogen and oxygen atoms in total. The number of aromatic nitrogens is 2. The number of amides is 1. The van der Waals surface area contributed by atoms with Gasteiger partial charge >= 0.3 is 0 Å². The van der Waals surface area contributed by atoms with E-state index in [2.05, 4.69) is 51.2 Å². The van der Waals surface area contributed by atoms with E-state index >= 15 is 0 Å². The molecule has 2 aromatic heterocycles. The minimum Gasteiger partial charge on any atom is -0.302 e. The van der Waals surface area contributed by atoms with Crippen LogP contribution in [0.1, 0.15) is 30.0 Å². The van der Waals surface area contributed by atoms with Crippen molar-refractivity contribution in [2.75, 3.05) is 25.5 Å². The third-order valence-corrected chi connectivity index (χ3v) is 5.77. The fourth-order valence-electron chi connectivity index (χ4n) is 3.50. The van der Waals surface area contributed by atoms with Crippen LogP contribution in [0.15, 0.2) is 24.5 Å². The molecule has 7 heteroatoms. The van der Waals surface area contributed by atoms with Crippen LogP contribution >= 0.6 is 11.3 Å². The fraction of sp³-hybridized carbons (Fsp3) is 0.526. The van der Waals surface area contributed by atoms with Gasteiger partial charge in [-0.2, -0.15) is 0 Å². The summed E-state index contributed by atoms with van der Waals surface area (Å²) in [7, 11) is 2.22. The Balaban J connectivity index is 1.65. The van der Waals surface area contributed by atoms with Crippen LogP contribution in [-0.2, 0) is 17.8 Å². The number of hydrogen-bond acceptors (Lipinski definition) is 6. The number of nitrogens with zero attached hydrogens (tertiary/aromatic N) is 4. The summed E-state index contributed by atoms with van der Waals surface area (Å²) in [5.74, 6) is -0.0772. The number of rotatable bonds is 5. The highest BCUT2D eigenvalue weighted by Gasteiger charge is 2.29. The molecule has 1 N–H and O–H groups in total. The summed E-state index contributed by atoms with van der Waals surface area (Å²) < 4.78 is 0. The normalized spacial score (nSPS) is 21.7. The van der Waals surface area contributed by atoms with E-state index in [-0.39, 0.29) is 5.91 Å². The number of pyridine rings is 1. The lowest BCUT2D eigenvalue weighted by atomic mass is 10.0. The first kappa shape index (κ1) is 18.9. The van der Waals surface area contributed by atoms with Gasteiger partial charge < -0.3 is 10.2 Å². The maximum absolute atomic E-state index is 11.2. The average Bonchev–Trinajstić information content (AvgIpc) is 2.98. The van der Waals surface area contributed by atoms with Crippen LogP contribution in [-0.4, -0.2) is 57.9 Å². The fourth-order valence-corrected chi connectivity index (χ4v) is 4.39. The van der Waals surface area contributed by atoms with E-state index in [4.69, 9.17) is 0 Å². The third kappa shape index (κ3) is 4.87. The van der Waals surface area contributed by atoms with Gasteiger partial charge in [-0.1, -0.05) is 0 Å². The highest BCUT2D eigenvalue weighted by Crippen LogP contribution is 2.24. The maximum atomic E-state index is 11.2. The number of aryl methyl sites for hydroxylation is 1. The van der Waals surface area contributed by atoms with Crippen molar-refractivity contribution in [2.45, 2.75) is 45.8 Å². The predicted octanol–water partition coefficient (Wildman–Crippen LogP) is 2.55. The Hall–Kier alpha value is -1.83. The molecule has 2 atom stereocenters. The topological polar surface area (TPSA) is 61.4 Å². The highest BCUT2D eigenvalue weighted by molar-refractivity contribution is 7.15. The van der Waals surface area contributed by atoms with Crippen molar-refractivity contribution < 1.29 is 4.79 Å². The van der Waals surface area contributed by atoms with Crippen molar-refractivity contribution >= 4 is 22.4 Å². The van der Waals surface area contributed by atoms with Gasteiger partial charge in [0.1, 0.15) is 0 Å². The predicted molar refractivity (Wildman–Crippen MR) is 105 cm³/mol. The van der Waals surface area contributed by atoms with Crippen molar-refractivity contribution in [2.24, 2.45) is 0 Å². The van der Waals surface area contributed by atoms with E-state index in [1.165, 1.54) is 17.4 Å². The molecule has 3 rings (SSSR count). The zero-order valence-corrected chi connectivity index (χ0v) is 16.7. The Morgan fingerprint density at radius 1 is 1.38 bits per heavy atom. The Labute approximate surface area is 159 Å². The Morgan fingerprint density at radius 2 is 2.19 bits per heavy atom. The molecule has 1 saturated heterocycles. The lowest BCUT2D eigenvalue weighted by Gasteiger charge is -2.43. The molecular weight excluding hydrogens is 346 g/mol. The Kier molecular flexibility index (Phi) is 6.01. The van der Waals surface area contributed by atoms with E-state index < -0.39 is 0 Å². The van der Waals surface area contributed by atoms with Crippen LogP contribution in [0.25, 0.3) is 0 Å². The average molecular weight is 374 g/mol. The molecule has 0 bridgehead atoms. The highest BCUT2D eigenvalue weighted by atomic mass is 32.1. The summed E-state index contributed by atoms with van der Waals surface area (Å²) in [6.45, 7) is 8.77. The number of carbonyl (C=O) groups is 1. The largest absolute Gasteiger partial charge is 0.302 e. The number of carbonyl (C=O) groups excluding carboxylic acids is 1. The Bertz CT molecular complexity index is 762. The number of nitrogens with one attached hydrogen (secondary N) is 1. The molecule has 140 valence electrons. The van der Waals surface area contributed by atoms with Gasteiger partial charge in [0.25, 0.3) is 0 Å². The monoisotopic (exact) mass is 373 g/mol. The molecule has 1 aliphatic heterocycles. The lowest BCUT2D eigenvalue weighted by Crippen LogP contribution is -2.56. The molecule has 0 radical (unpaired) electrons. The summed E-state index contributed by atoms with van der Waals surface area (Å²) >= 11 is 1.56. The third-order valence-electron chi connectivity index (χ3n) is 4.87. The molecule has 3 heterocycles. The first-order valence-electron chi connectivity index (χ1n) is 8.99. The van der Waals surface area contributed by atoms with Crippen LogP contribution in [0.4, 0.5) is 5.13 Å². The van der Waals surface area contributed by atoms with Crippen molar-refractivity contribution in [1.82, 2.24) is 19.8 Å². The molecule has 0 saturated carbocycles. The Morgan fingerprint density at radius 3 is 2.92 bits per heavy atom. The molecule has 1 unspecified atom stereocenters. The molecular formula is C19H27N5OS. The van der Waals surface area contributed by atoms with Gasteiger partial charge in [0.2, 0.25) is 5.91 Å². The van der Waals surface area contributed by atoms with Crippen LogP contribution in [0.2, 0.25) is 0 Å². The second-order valence-corrected chi connectivity index (χ2v) is 8.31. The van der Waals surface area contributed by atoms with Gasteiger partial charge in [-0.25, -0.2) is 4.98 Å². The standard InChI is InChI=1S/C19H27N5OS/c1-13-7-16(5-6-20-13)8-17-11-24(14(2)10-23(17)4)12-18-9-21-19(26-18)22-15(3)25/h5-7,9,14,17H,8,10-12H2,1-4H3,(H,21,22,25)/t14?,17-/m1/s1. The van der Waals surface area contributed by atoms with Gasteiger partial charge in [0, 0.05) is 61.6 Å². The van der Waals surface area contributed by atoms with Gasteiger partial charge in [0.05, 0.1) is 0 Å². The smallest absolute Gasteiger partial charge is 0.223 e. The zero-order chi connectivity index (χ0) is 18.7. The number of anilines is 1. The van der Waals surface area contributed by atoms with E-state index in [0.29, 0.717) is 17.2 Å². The van der Waals surface area contributed by atoms with E-state index in [1.807, 2.05) is 19.3 Å². The molecule has 1 aliphatic rings. The first-order chi connectivity index (χ1) is 12.4.